The van der Waals surface area contributed by atoms with Crippen molar-refractivity contribution in [1.29, 1.82) is 0 Å². The molecule has 0 bridgehead atoms. The molecule has 3 heterocycles. The van der Waals surface area contributed by atoms with Crippen molar-refractivity contribution in [2.24, 2.45) is 5.41 Å². The quantitative estimate of drug-likeness (QED) is 0.759. The highest BCUT2D eigenvalue weighted by Crippen LogP contribution is 2.39. The maximum Gasteiger partial charge on any atom is 0.426 e. The van der Waals surface area contributed by atoms with E-state index >= 15 is 0 Å². The van der Waals surface area contributed by atoms with Gasteiger partial charge in [0.05, 0.1) is 0 Å². The van der Waals surface area contributed by atoms with Crippen LogP contribution in [0.15, 0.2) is 45.8 Å². The SMILES string of the molecule is O=C(C[n+]1cc(=O)o[nH]1)N1CC[C@@]2(CCCN(CCCc3ccccc3)C2)C1. The number of rotatable bonds is 6. The fourth-order valence-corrected chi connectivity index (χ4v) is 4.74. The van der Waals surface area contributed by atoms with Gasteiger partial charge in [0.25, 0.3) is 18.6 Å². The first-order valence-electron chi connectivity index (χ1n) is 10.2. The maximum absolute atomic E-state index is 12.6. The Hall–Kier alpha value is -2.41. The lowest BCUT2D eigenvalue weighted by atomic mass is 9.79. The van der Waals surface area contributed by atoms with Crippen molar-refractivity contribution in [2.75, 3.05) is 32.7 Å². The van der Waals surface area contributed by atoms with Crippen molar-refractivity contribution in [3.05, 3.63) is 52.5 Å². The molecule has 0 saturated carbocycles. The Morgan fingerprint density at radius 3 is 2.82 bits per heavy atom. The molecule has 2 fully saturated rings. The minimum absolute atomic E-state index is 0.0418. The summed E-state index contributed by atoms with van der Waals surface area (Å²) in [6.07, 6.45) is 7.04. The zero-order chi connectivity index (χ0) is 19.4. The van der Waals surface area contributed by atoms with Crippen molar-refractivity contribution >= 4 is 5.91 Å². The summed E-state index contributed by atoms with van der Waals surface area (Å²) in [4.78, 5) is 28.2. The number of aromatic amines is 1. The number of carbonyl (C=O) groups excluding carboxylic acids is 1. The molecule has 0 aliphatic carbocycles. The number of benzene rings is 1. The van der Waals surface area contributed by atoms with Gasteiger partial charge in [0, 0.05) is 25.0 Å². The zero-order valence-corrected chi connectivity index (χ0v) is 16.3. The number of aromatic nitrogens is 2. The Morgan fingerprint density at radius 2 is 2.04 bits per heavy atom. The molecule has 2 aromatic rings. The second-order valence-corrected chi connectivity index (χ2v) is 8.30. The van der Waals surface area contributed by atoms with Crippen LogP contribution >= 0.6 is 0 Å². The van der Waals surface area contributed by atoms with E-state index in [4.69, 9.17) is 0 Å². The van der Waals surface area contributed by atoms with Crippen LogP contribution in [0.4, 0.5) is 0 Å². The van der Waals surface area contributed by atoms with Crippen molar-refractivity contribution in [3.8, 4) is 0 Å². The van der Waals surface area contributed by atoms with E-state index in [1.165, 1.54) is 35.7 Å². The number of hydrogen-bond donors (Lipinski definition) is 1. The van der Waals surface area contributed by atoms with Gasteiger partial charge in [-0.2, -0.15) is 0 Å². The molecule has 2 aliphatic rings. The highest BCUT2D eigenvalue weighted by Gasteiger charge is 2.43. The highest BCUT2D eigenvalue weighted by molar-refractivity contribution is 5.75. The number of piperidine rings is 1. The molecule has 4 rings (SSSR count). The van der Waals surface area contributed by atoms with E-state index in [-0.39, 0.29) is 17.9 Å². The van der Waals surface area contributed by atoms with Crippen LogP contribution in [0.5, 0.6) is 0 Å². The molecule has 7 heteroatoms. The third-order valence-corrected chi connectivity index (χ3v) is 6.14. The molecule has 28 heavy (non-hydrogen) atoms. The lowest BCUT2D eigenvalue weighted by Crippen LogP contribution is -2.48. The van der Waals surface area contributed by atoms with E-state index in [2.05, 4.69) is 45.0 Å². The van der Waals surface area contributed by atoms with Gasteiger partial charge in [-0.05, 0) is 56.0 Å². The maximum atomic E-state index is 12.6. The molecule has 1 spiro atoms. The van der Waals surface area contributed by atoms with E-state index in [1.807, 2.05) is 4.90 Å². The van der Waals surface area contributed by atoms with Crippen molar-refractivity contribution in [3.63, 3.8) is 0 Å². The average Bonchev–Trinajstić information content (AvgIpc) is 3.29. The van der Waals surface area contributed by atoms with Gasteiger partial charge >= 0.3 is 5.63 Å². The molecule has 0 radical (unpaired) electrons. The fourth-order valence-electron chi connectivity index (χ4n) is 4.74. The number of nitrogens with zero attached hydrogens (tertiary/aromatic N) is 3. The standard InChI is InChI=1S/C21H28N4O3/c26-19(14-25-15-20(27)28-22-25)24-13-10-21(17-24)9-5-12-23(16-21)11-4-8-18-6-2-1-3-7-18/h1-3,6-7,15H,4-5,8-14,16-17H2/p+1/t21-/m1/s1. The van der Waals surface area contributed by atoms with Crippen LogP contribution in [0.2, 0.25) is 0 Å². The third-order valence-electron chi connectivity index (χ3n) is 6.14. The highest BCUT2D eigenvalue weighted by atomic mass is 16.5. The van der Waals surface area contributed by atoms with Gasteiger partial charge in [0.2, 0.25) is 0 Å². The molecule has 1 aromatic heterocycles. The molecule has 2 saturated heterocycles. The Labute approximate surface area is 164 Å². The van der Waals surface area contributed by atoms with Gasteiger partial charge in [-0.3, -0.25) is 9.32 Å². The molecule has 1 aromatic carbocycles. The van der Waals surface area contributed by atoms with Crippen LogP contribution in [-0.2, 0) is 17.8 Å². The molecule has 150 valence electrons. The first-order chi connectivity index (χ1) is 13.6. The van der Waals surface area contributed by atoms with Crippen LogP contribution in [-0.4, -0.2) is 53.7 Å². The molecular weight excluding hydrogens is 356 g/mol. The van der Waals surface area contributed by atoms with Crippen LogP contribution < -0.4 is 10.3 Å². The lowest BCUT2D eigenvalue weighted by molar-refractivity contribution is -0.751. The first kappa shape index (κ1) is 18.9. The Bertz CT molecular complexity index is 847. The number of aryl methyl sites for hydroxylation is 1. The smallest absolute Gasteiger partial charge is 0.337 e. The van der Waals surface area contributed by atoms with Gasteiger partial charge < -0.3 is 9.80 Å². The number of hydrogen-bond acceptors (Lipinski definition) is 4. The van der Waals surface area contributed by atoms with Crippen molar-refractivity contribution in [1.82, 2.24) is 15.1 Å². The summed E-state index contributed by atoms with van der Waals surface area (Å²) in [5, 5.41) is 2.45. The van der Waals surface area contributed by atoms with Gasteiger partial charge in [-0.15, -0.1) is 0 Å². The summed E-state index contributed by atoms with van der Waals surface area (Å²) in [5.74, 6) is 0.0418. The fraction of sp³-hybridized carbons (Fsp3) is 0.571. The summed E-state index contributed by atoms with van der Waals surface area (Å²) in [5.41, 5.74) is 1.17. The van der Waals surface area contributed by atoms with Crippen molar-refractivity contribution < 1.29 is 14.0 Å². The Kier molecular flexibility index (Phi) is 5.62. The second-order valence-electron chi connectivity index (χ2n) is 8.30. The largest absolute Gasteiger partial charge is 0.426 e. The molecule has 7 nitrogen and oxygen atoms in total. The van der Waals surface area contributed by atoms with E-state index in [0.717, 1.165) is 45.6 Å². The van der Waals surface area contributed by atoms with E-state index in [1.54, 1.807) is 0 Å². The summed E-state index contributed by atoms with van der Waals surface area (Å²) in [7, 11) is 0. The van der Waals surface area contributed by atoms with Gasteiger partial charge in [-0.25, -0.2) is 4.79 Å². The monoisotopic (exact) mass is 385 g/mol. The van der Waals surface area contributed by atoms with Gasteiger partial charge in [0.1, 0.15) is 0 Å². The molecule has 0 unspecified atom stereocenters. The minimum Gasteiger partial charge on any atom is -0.337 e. The topological polar surface area (TPSA) is 73.4 Å². The van der Waals surface area contributed by atoms with Crippen LogP contribution in [0.3, 0.4) is 0 Å². The molecule has 1 atom stereocenters. The van der Waals surface area contributed by atoms with Crippen LogP contribution in [0.1, 0.15) is 31.2 Å². The summed E-state index contributed by atoms with van der Waals surface area (Å²) in [6.45, 7) is 5.13. The van der Waals surface area contributed by atoms with Gasteiger partial charge in [0.15, 0.2) is 0 Å². The van der Waals surface area contributed by atoms with E-state index in [0.29, 0.717) is 0 Å². The predicted molar refractivity (Wildman–Crippen MR) is 104 cm³/mol. The summed E-state index contributed by atoms with van der Waals surface area (Å²) >= 11 is 0. The number of likely N-dealkylation sites (tertiary alicyclic amines) is 2. The summed E-state index contributed by atoms with van der Waals surface area (Å²) in [6, 6.07) is 10.7. The van der Waals surface area contributed by atoms with E-state index < -0.39 is 5.63 Å². The number of H-pyrrole nitrogens is 1. The molecule has 2 aliphatic heterocycles. The Balaban J connectivity index is 1.27. The van der Waals surface area contributed by atoms with Crippen molar-refractivity contribution in [2.45, 2.75) is 38.6 Å². The van der Waals surface area contributed by atoms with E-state index in [9.17, 15) is 9.59 Å². The number of nitrogens with one attached hydrogen (secondary N) is 1. The average molecular weight is 385 g/mol. The van der Waals surface area contributed by atoms with Gasteiger partial charge in [-0.1, -0.05) is 35.0 Å². The zero-order valence-electron chi connectivity index (χ0n) is 16.3. The second kappa shape index (κ2) is 8.31. The third kappa shape index (κ3) is 4.52. The normalized spacial score (nSPS) is 22.8. The minimum atomic E-state index is -0.468. The summed E-state index contributed by atoms with van der Waals surface area (Å²) < 4.78 is 6.04. The first-order valence-corrected chi connectivity index (χ1v) is 10.2. The lowest BCUT2D eigenvalue weighted by Gasteiger charge is -2.40. The molecule has 1 N–H and O–H groups in total. The molecule has 1 amide bonds. The number of carbonyl (C=O) groups is 1. The molecular formula is C21H29N4O3+. The van der Waals surface area contributed by atoms with Crippen LogP contribution in [0, 0.1) is 5.41 Å². The Morgan fingerprint density at radius 1 is 1.18 bits per heavy atom. The van der Waals surface area contributed by atoms with Crippen LogP contribution in [0.25, 0.3) is 0 Å². The number of amides is 1. The predicted octanol–water partition coefficient (Wildman–Crippen LogP) is 1.20.